The van der Waals surface area contributed by atoms with Crippen LogP contribution < -0.4 is 5.19 Å². The Kier molecular flexibility index (Phi) is 4.50. The summed E-state index contributed by atoms with van der Waals surface area (Å²) in [7, 11) is -1.52. The van der Waals surface area contributed by atoms with Crippen LogP contribution >= 0.6 is 0 Å². The maximum absolute atomic E-state index is 4.99. The van der Waals surface area contributed by atoms with Crippen molar-refractivity contribution in [1.29, 1.82) is 0 Å². The Morgan fingerprint density at radius 3 is 2.21 bits per heavy atom. The third-order valence-electron chi connectivity index (χ3n) is 7.03. The fourth-order valence-corrected chi connectivity index (χ4v) is 7.25. The van der Waals surface area contributed by atoms with E-state index in [-0.39, 0.29) is 5.41 Å². The lowest BCUT2D eigenvalue weighted by Crippen LogP contribution is -2.37. The van der Waals surface area contributed by atoms with Crippen LogP contribution in [0.1, 0.15) is 26.3 Å². The van der Waals surface area contributed by atoms with Crippen molar-refractivity contribution in [2.45, 2.75) is 46.8 Å². The van der Waals surface area contributed by atoms with Gasteiger partial charge in [-0.3, -0.25) is 4.98 Å². The molecular formula is C31H32N2Si. The fourth-order valence-electron chi connectivity index (χ4n) is 5.64. The normalized spacial score (nSPS) is 13.1. The quantitative estimate of drug-likeness (QED) is 0.145. The predicted octanol–water partition coefficient (Wildman–Crippen LogP) is 8.08. The van der Waals surface area contributed by atoms with Gasteiger partial charge >= 0.3 is 0 Å². The van der Waals surface area contributed by atoms with Gasteiger partial charge in [-0.05, 0) is 63.9 Å². The van der Waals surface area contributed by atoms with E-state index in [4.69, 9.17) is 4.98 Å². The summed E-state index contributed by atoms with van der Waals surface area (Å²) in [5, 5.41) is 7.99. The second-order valence-corrected chi connectivity index (χ2v) is 17.0. The predicted molar refractivity (Wildman–Crippen MR) is 151 cm³/mol. The van der Waals surface area contributed by atoms with Crippen LogP contribution in [0.2, 0.25) is 19.6 Å². The number of fused-ring (bicyclic) bond motifs is 9. The molecule has 2 nitrogen and oxygen atoms in total. The Hall–Kier alpha value is -3.17. The van der Waals surface area contributed by atoms with Gasteiger partial charge < -0.3 is 4.40 Å². The Labute approximate surface area is 202 Å². The molecule has 0 bridgehead atoms. The number of benzene rings is 3. The first-order chi connectivity index (χ1) is 16.1. The molecule has 0 radical (unpaired) electrons. The van der Waals surface area contributed by atoms with Crippen molar-refractivity contribution in [3.8, 4) is 0 Å². The summed E-state index contributed by atoms with van der Waals surface area (Å²) in [5.41, 5.74) is 6.53. The second-order valence-electron chi connectivity index (χ2n) is 12.0. The summed E-state index contributed by atoms with van der Waals surface area (Å²) in [6.45, 7) is 14.3. The maximum atomic E-state index is 4.99. The zero-order chi connectivity index (χ0) is 23.8. The molecule has 170 valence electrons. The molecule has 0 saturated carbocycles. The van der Waals surface area contributed by atoms with E-state index in [0.29, 0.717) is 0 Å². The Balaban J connectivity index is 1.91. The zero-order valence-electron chi connectivity index (χ0n) is 21.0. The van der Waals surface area contributed by atoms with Crippen LogP contribution in [-0.4, -0.2) is 17.5 Å². The van der Waals surface area contributed by atoms with Crippen LogP contribution in [0, 0.1) is 5.41 Å². The first kappa shape index (κ1) is 21.4. The Bertz CT molecular complexity index is 1740. The molecule has 3 heteroatoms. The van der Waals surface area contributed by atoms with E-state index in [9.17, 15) is 0 Å². The molecular weight excluding hydrogens is 428 g/mol. The SMILES string of the molecule is CC(C)(C)Cc1ccnc2c3cc4ccccc4cc3n3c4cccc([Si](C)(C)C)c4cc3c12. The molecule has 3 aromatic carbocycles. The molecule has 0 aliphatic carbocycles. The number of hydrogen-bond acceptors (Lipinski definition) is 1. The lowest BCUT2D eigenvalue weighted by atomic mass is 9.86. The van der Waals surface area contributed by atoms with Gasteiger partial charge in [0.1, 0.15) is 0 Å². The molecule has 34 heavy (non-hydrogen) atoms. The number of rotatable bonds is 2. The minimum absolute atomic E-state index is 0.194. The Morgan fingerprint density at radius 2 is 1.50 bits per heavy atom. The highest BCUT2D eigenvalue weighted by Gasteiger charge is 2.23. The molecule has 3 aromatic heterocycles. The van der Waals surface area contributed by atoms with E-state index in [1.54, 1.807) is 0 Å². The zero-order valence-corrected chi connectivity index (χ0v) is 22.0. The van der Waals surface area contributed by atoms with Gasteiger partial charge in [-0.2, -0.15) is 0 Å². The van der Waals surface area contributed by atoms with Crippen molar-refractivity contribution >= 4 is 62.3 Å². The van der Waals surface area contributed by atoms with Crippen LogP contribution in [-0.2, 0) is 6.42 Å². The van der Waals surface area contributed by atoms with E-state index in [2.05, 4.69) is 112 Å². The van der Waals surface area contributed by atoms with Gasteiger partial charge in [0, 0.05) is 17.0 Å². The number of hydrogen-bond donors (Lipinski definition) is 0. The minimum atomic E-state index is -1.52. The molecule has 0 atom stereocenters. The summed E-state index contributed by atoms with van der Waals surface area (Å²) in [6, 6.07) is 25.0. The summed E-state index contributed by atoms with van der Waals surface area (Å²) in [5.74, 6) is 0. The highest BCUT2D eigenvalue weighted by atomic mass is 28.3. The van der Waals surface area contributed by atoms with Crippen molar-refractivity contribution < 1.29 is 0 Å². The third kappa shape index (κ3) is 3.25. The van der Waals surface area contributed by atoms with E-state index in [1.807, 2.05) is 6.20 Å². The average Bonchev–Trinajstić information content (AvgIpc) is 3.16. The fraction of sp³-hybridized carbons (Fsp3) is 0.258. The van der Waals surface area contributed by atoms with Crippen molar-refractivity contribution in [3.63, 3.8) is 0 Å². The molecule has 0 unspecified atom stereocenters. The van der Waals surface area contributed by atoms with Gasteiger partial charge in [-0.1, -0.05) is 82.0 Å². The van der Waals surface area contributed by atoms with Crippen molar-refractivity contribution in [2.24, 2.45) is 5.41 Å². The molecule has 0 spiro atoms. The van der Waals surface area contributed by atoms with Crippen molar-refractivity contribution in [3.05, 3.63) is 78.5 Å². The van der Waals surface area contributed by atoms with E-state index in [0.717, 1.165) is 11.9 Å². The topological polar surface area (TPSA) is 17.3 Å². The largest absolute Gasteiger partial charge is 0.308 e. The van der Waals surface area contributed by atoms with Gasteiger partial charge in [0.2, 0.25) is 0 Å². The molecule has 0 fully saturated rings. The molecule has 0 N–H and O–H groups in total. The Morgan fingerprint density at radius 1 is 0.765 bits per heavy atom. The summed E-state index contributed by atoms with van der Waals surface area (Å²) in [4.78, 5) is 4.99. The first-order valence-electron chi connectivity index (χ1n) is 12.3. The monoisotopic (exact) mass is 460 g/mol. The number of pyridine rings is 2. The van der Waals surface area contributed by atoms with E-state index in [1.165, 1.54) is 54.2 Å². The maximum Gasteiger partial charge on any atom is 0.0819 e. The molecule has 0 aliphatic heterocycles. The lowest BCUT2D eigenvalue weighted by molar-refractivity contribution is 0.412. The van der Waals surface area contributed by atoms with Gasteiger partial charge in [-0.15, -0.1) is 0 Å². The first-order valence-corrected chi connectivity index (χ1v) is 15.8. The molecule has 6 rings (SSSR count). The van der Waals surface area contributed by atoms with Gasteiger partial charge in [0.25, 0.3) is 0 Å². The highest BCUT2D eigenvalue weighted by Crippen LogP contribution is 2.38. The lowest BCUT2D eigenvalue weighted by Gasteiger charge is -2.20. The van der Waals surface area contributed by atoms with Gasteiger partial charge in [0.15, 0.2) is 0 Å². The van der Waals surface area contributed by atoms with Crippen molar-refractivity contribution in [2.75, 3.05) is 0 Å². The molecule has 0 amide bonds. The molecule has 3 heterocycles. The van der Waals surface area contributed by atoms with Crippen LogP contribution in [0.4, 0.5) is 0 Å². The number of nitrogens with zero attached hydrogens (tertiary/aromatic N) is 2. The smallest absolute Gasteiger partial charge is 0.0819 e. The van der Waals surface area contributed by atoms with Crippen LogP contribution in [0.3, 0.4) is 0 Å². The standard InChI is InChI=1S/C31H32N2Si/c1-31(2,3)19-22-14-15-32-30-24-16-20-10-7-8-11-21(20)17-26(24)33-25-12-9-13-28(34(4,5)6)23(25)18-27(33)29(22)30/h7-18H,19H2,1-6H3. The van der Waals surface area contributed by atoms with Crippen LogP contribution in [0.15, 0.2) is 72.9 Å². The minimum Gasteiger partial charge on any atom is -0.308 e. The second kappa shape index (κ2) is 7.16. The molecule has 0 saturated heterocycles. The third-order valence-corrected chi connectivity index (χ3v) is 9.08. The summed E-state index contributed by atoms with van der Waals surface area (Å²) in [6.07, 6.45) is 3.02. The van der Waals surface area contributed by atoms with E-state index < -0.39 is 8.07 Å². The van der Waals surface area contributed by atoms with E-state index >= 15 is 0 Å². The summed E-state index contributed by atoms with van der Waals surface area (Å²) >= 11 is 0. The average molecular weight is 461 g/mol. The highest BCUT2D eigenvalue weighted by molar-refractivity contribution is 6.90. The van der Waals surface area contributed by atoms with Crippen LogP contribution in [0.5, 0.6) is 0 Å². The molecule has 6 aromatic rings. The molecule has 0 aliphatic rings. The van der Waals surface area contributed by atoms with Gasteiger partial charge in [0.05, 0.1) is 30.1 Å². The van der Waals surface area contributed by atoms with Crippen molar-refractivity contribution in [1.82, 2.24) is 9.38 Å². The number of aromatic nitrogens is 2. The van der Waals surface area contributed by atoms with Crippen LogP contribution in [0.25, 0.3) is 49.0 Å². The summed E-state index contributed by atoms with van der Waals surface area (Å²) < 4.78 is 2.51. The van der Waals surface area contributed by atoms with Gasteiger partial charge in [-0.25, -0.2) is 0 Å².